The number of hydrogen-bond donors (Lipinski definition) is 1. The van der Waals surface area contributed by atoms with Gasteiger partial charge in [0.05, 0.1) is 18.1 Å². The summed E-state index contributed by atoms with van der Waals surface area (Å²) >= 11 is 5.96. The van der Waals surface area contributed by atoms with Crippen molar-refractivity contribution < 1.29 is 9.59 Å². The molecule has 0 saturated carbocycles. The summed E-state index contributed by atoms with van der Waals surface area (Å²) in [5, 5.41) is 8.52. The number of halogens is 1. The van der Waals surface area contributed by atoms with Crippen molar-refractivity contribution >= 4 is 34.8 Å². The maximum absolute atomic E-state index is 12.2. The Bertz CT molecular complexity index is 835. The highest BCUT2D eigenvalue weighted by Gasteiger charge is 2.22. The summed E-state index contributed by atoms with van der Waals surface area (Å²) in [6.45, 7) is 0. The summed E-state index contributed by atoms with van der Waals surface area (Å²) in [4.78, 5) is 32.1. The molecule has 2 aromatic rings. The van der Waals surface area contributed by atoms with Crippen LogP contribution in [0.3, 0.4) is 0 Å². The lowest BCUT2D eigenvalue weighted by molar-refractivity contribution is -0.130. The Balaban J connectivity index is 1.63. The predicted octanol–water partition coefficient (Wildman–Crippen LogP) is 2.27. The molecule has 1 N–H and O–H groups in total. The molecule has 0 atom stereocenters. The number of carbonyl (C=O) groups excluding carboxylic acids is 2. The van der Waals surface area contributed by atoms with Gasteiger partial charge in [-0.25, -0.2) is 15.0 Å². The molecule has 1 aliphatic rings. The fraction of sp³-hybridized carbons (Fsp3) is 0.235. The van der Waals surface area contributed by atoms with Gasteiger partial charge in [0.25, 0.3) is 5.91 Å². The first kappa shape index (κ1) is 17.0. The minimum atomic E-state index is -0.356. The molecule has 3 rings (SSSR count). The van der Waals surface area contributed by atoms with Crippen LogP contribution in [0.2, 0.25) is 5.02 Å². The van der Waals surface area contributed by atoms with E-state index in [1.165, 1.54) is 12.1 Å². The minimum Gasteiger partial charge on any atom is -0.318 e. The number of hydrazone groups is 1. The molecule has 2 heterocycles. The van der Waals surface area contributed by atoms with Crippen LogP contribution in [0.4, 0.5) is 5.69 Å². The number of rotatable bonds is 4. The van der Waals surface area contributed by atoms with Gasteiger partial charge in [0.15, 0.2) is 0 Å². The zero-order valence-corrected chi connectivity index (χ0v) is 14.3. The van der Waals surface area contributed by atoms with Gasteiger partial charge in [0, 0.05) is 31.3 Å². The van der Waals surface area contributed by atoms with Crippen LogP contribution in [0.5, 0.6) is 0 Å². The maximum Gasteiger partial charge on any atom is 0.271 e. The van der Waals surface area contributed by atoms with Crippen molar-refractivity contribution in [3.05, 3.63) is 53.1 Å². The summed E-state index contributed by atoms with van der Waals surface area (Å²) < 4.78 is 0. The van der Waals surface area contributed by atoms with E-state index in [-0.39, 0.29) is 18.2 Å². The SMILES string of the molecule is CN1N=C(C(=O)Nc2cnc(Cc3cccc(Cl)c3)nc2)CCC1=O. The Kier molecular flexibility index (Phi) is 5.04. The second kappa shape index (κ2) is 7.40. The normalized spacial score (nSPS) is 14.2. The predicted molar refractivity (Wildman–Crippen MR) is 94.4 cm³/mol. The van der Waals surface area contributed by atoms with Crippen molar-refractivity contribution in [1.29, 1.82) is 0 Å². The summed E-state index contributed by atoms with van der Waals surface area (Å²) in [7, 11) is 1.53. The van der Waals surface area contributed by atoms with E-state index in [9.17, 15) is 9.59 Å². The van der Waals surface area contributed by atoms with E-state index in [2.05, 4.69) is 20.4 Å². The van der Waals surface area contributed by atoms with Crippen LogP contribution in [0, 0.1) is 0 Å². The number of carbonyl (C=O) groups is 2. The maximum atomic E-state index is 12.2. The number of anilines is 1. The molecule has 0 spiro atoms. The van der Waals surface area contributed by atoms with Crippen LogP contribution in [-0.4, -0.2) is 39.6 Å². The Morgan fingerprint density at radius 3 is 2.72 bits per heavy atom. The smallest absolute Gasteiger partial charge is 0.271 e. The molecular weight excluding hydrogens is 342 g/mol. The van der Waals surface area contributed by atoms with Crippen molar-refractivity contribution in [2.24, 2.45) is 5.10 Å². The van der Waals surface area contributed by atoms with Gasteiger partial charge < -0.3 is 5.32 Å². The van der Waals surface area contributed by atoms with Crippen LogP contribution in [-0.2, 0) is 16.0 Å². The molecule has 0 unspecified atom stereocenters. The minimum absolute atomic E-state index is 0.106. The highest BCUT2D eigenvalue weighted by atomic mass is 35.5. The number of aromatic nitrogens is 2. The first-order valence-electron chi connectivity index (χ1n) is 7.72. The summed E-state index contributed by atoms with van der Waals surface area (Å²) in [5.74, 6) is 0.163. The van der Waals surface area contributed by atoms with Crippen molar-refractivity contribution in [3.63, 3.8) is 0 Å². The van der Waals surface area contributed by atoms with E-state index < -0.39 is 0 Å². The lowest BCUT2D eigenvalue weighted by atomic mass is 10.1. The number of nitrogens with one attached hydrogen (secondary N) is 1. The Morgan fingerprint density at radius 2 is 2.04 bits per heavy atom. The topological polar surface area (TPSA) is 87.6 Å². The van der Waals surface area contributed by atoms with Crippen LogP contribution >= 0.6 is 11.6 Å². The molecule has 25 heavy (non-hydrogen) atoms. The van der Waals surface area contributed by atoms with E-state index in [0.717, 1.165) is 5.56 Å². The number of amides is 2. The van der Waals surface area contributed by atoms with Gasteiger partial charge in [-0.2, -0.15) is 5.10 Å². The van der Waals surface area contributed by atoms with Gasteiger partial charge in [-0.1, -0.05) is 23.7 Å². The first-order chi connectivity index (χ1) is 12.0. The van der Waals surface area contributed by atoms with E-state index >= 15 is 0 Å². The monoisotopic (exact) mass is 357 g/mol. The zero-order valence-electron chi connectivity index (χ0n) is 13.6. The van der Waals surface area contributed by atoms with Crippen molar-refractivity contribution in [2.75, 3.05) is 12.4 Å². The van der Waals surface area contributed by atoms with Gasteiger partial charge in [0.2, 0.25) is 5.91 Å². The van der Waals surface area contributed by atoms with Gasteiger partial charge in [-0.05, 0) is 17.7 Å². The molecule has 2 amide bonds. The highest BCUT2D eigenvalue weighted by molar-refractivity contribution is 6.43. The largest absolute Gasteiger partial charge is 0.318 e. The lowest BCUT2D eigenvalue weighted by Gasteiger charge is -2.18. The van der Waals surface area contributed by atoms with Crippen LogP contribution in [0.15, 0.2) is 41.8 Å². The fourth-order valence-corrected chi connectivity index (χ4v) is 2.59. The standard InChI is InChI=1S/C17H16ClN5O2/c1-23-16(24)6-5-14(22-23)17(25)21-13-9-19-15(20-10-13)8-11-3-2-4-12(18)7-11/h2-4,7,9-10H,5-6,8H2,1H3,(H,21,25). The third-order valence-corrected chi connectivity index (χ3v) is 3.92. The molecule has 1 aliphatic heterocycles. The van der Waals surface area contributed by atoms with Gasteiger partial charge in [-0.15, -0.1) is 0 Å². The summed E-state index contributed by atoms with van der Waals surface area (Å²) in [5.41, 5.74) is 1.79. The molecule has 1 aromatic heterocycles. The molecular formula is C17H16ClN5O2. The summed E-state index contributed by atoms with van der Waals surface area (Å²) in [6.07, 6.45) is 4.24. The van der Waals surface area contributed by atoms with Crippen molar-refractivity contribution in [2.45, 2.75) is 19.3 Å². The van der Waals surface area contributed by atoms with E-state index in [4.69, 9.17) is 11.6 Å². The average molecular weight is 358 g/mol. The Hall–Kier alpha value is -2.80. The number of hydrogen-bond acceptors (Lipinski definition) is 5. The van der Waals surface area contributed by atoms with E-state index in [0.29, 0.717) is 35.1 Å². The highest BCUT2D eigenvalue weighted by Crippen LogP contribution is 2.14. The summed E-state index contributed by atoms with van der Waals surface area (Å²) in [6, 6.07) is 7.49. The molecule has 0 radical (unpaired) electrons. The number of benzene rings is 1. The third kappa shape index (κ3) is 4.39. The van der Waals surface area contributed by atoms with Crippen LogP contribution < -0.4 is 5.32 Å². The third-order valence-electron chi connectivity index (χ3n) is 3.68. The molecule has 1 aromatic carbocycles. The van der Waals surface area contributed by atoms with Gasteiger partial charge in [-0.3, -0.25) is 9.59 Å². The van der Waals surface area contributed by atoms with Gasteiger partial charge >= 0.3 is 0 Å². The van der Waals surface area contributed by atoms with Crippen LogP contribution in [0.25, 0.3) is 0 Å². The number of nitrogens with zero attached hydrogens (tertiary/aromatic N) is 4. The molecule has 7 nitrogen and oxygen atoms in total. The molecule has 0 aliphatic carbocycles. The fourth-order valence-electron chi connectivity index (χ4n) is 2.38. The second-order valence-electron chi connectivity index (χ2n) is 5.61. The van der Waals surface area contributed by atoms with E-state index in [1.54, 1.807) is 12.4 Å². The Morgan fingerprint density at radius 1 is 1.28 bits per heavy atom. The lowest BCUT2D eigenvalue weighted by Crippen LogP contribution is -2.34. The zero-order chi connectivity index (χ0) is 17.8. The molecule has 8 heteroatoms. The molecule has 0 bridgehead atoms. The van der Waals surface area contributed by atoms with E-state index in [1.807, 2.05) is 24.3 Å². The van der Waals surface area contributed by atoms with Crippen molar-refractivity contribution in [3.8, 4) is 0 Å². The van der Waals surface area contributed by atoms with Gasteiger partial charge in [0.1, 0.15) is 11.5 Å². The Labute approximate surface area is 149 Å². The van der Waals surface area contributed by atoms with Crippen LogP contribution in [0.1, 0.15) is 24.2 Å². The average Bonchev–Trinajstić information content (AvgIpc) is 2.59. The quantitative estimate of drug-likeness (QED) is 0.909. The molecule has 0 saturated heterocycles. The molecule has 0 fully saturated rings. The first-order valence-corrected chi connectivity index (χ1v) is 8.10. The second-order valence-corrected chi connectivity index (χ2v) is 6.05. The van der Waals surface area contributed by atoms with Crippen molar-refractivity contribution in [1.82, 2.24) is 15.0 Å². The molecule has 128 valence electrons.